The Bertz CT molecular complexity index is 2770. The van der Waals surface area contributed by atoms with Crippen LogP contribution in [0, 0.1) is 6.92 Å². The fourth-order valence-electron chi connectivity index (χ4n) is 11.0. The highest BCUT2D eigenvalue weighted by Crippen LogP contribution is 2.73. The van der Waals surface area contributed by atoms with Gasteiger partial charge >= 0.3 is 0 Å². The highest BCUT2D eigenvalue weighted by molar-refractivity contribution is 8.26. The van der Waals surface area contributed by atoms with Crippen molar-refractivity contribution in [3.8, 4) is 45.3 Å². The third-order valence-electron chi connectivity index (χ3n) is 13.1. The van der Waals surface area contributed by atoms with Gasteiger partial charge in [-0.3, -0.25) is 0 Å². The molecule has 5 heteroatoms. The van der Waals surface area contributed by atoms with E-state index in [0.717, 1.165) is 39.6 Å². The molecule has 0 radical (unpaired) electrons. The van der Waals surface area contributed by atoms with Crippen LogP contribution in [0.3, 0.4) is 0 Å². The third kappa shape index (κ3) is 2.94. The van der Waals surface area contributed by atoms with E-state index in [4.69, 9.17) is 21.3 Å². The van der Waals surface area contributed by atoms with Crippen molar-refractivity contribution < 1.29 is 9.47 Å². The lowest BCUT2D eigenvalue weighted by atomic mass is 9.69. The molecule has 1 unspecified atom stereocenters. The van der Waals surface area contributed by atoms with Gasteiger partial charge in [0.1, 0.15) is 23.0 Å². The number of anilines is 3. The maximum absolute atomic E-state index is 7.48. The molecule has 1 atom stereocenters. The Balaban J connectivity index is 1.36. The number of nitrogens with zero attached hydrogens (tertiary/aromatic N) is 1. The van der Waals surface area contributed by atoms with Crippen LogP contribution in [0.4, 0.5) is 17.1 Å². The average Bonchev–Trinajstić information content (AvgIpc) is 3.47. The summed E-state index contributed by atoms with van der Waals surface area (Å²) < 4.78 is 14.7. The van der Waals surface area contributed by atoms with E-state index in [-0.39, 0.29) is 16.2 Å². The van der Waals surface area contributed by atoms with Crippen molar-refractivity contribution in [1.82, 2.24) is 0 Å². The number of ether oxygens (including phenoxy) is 2. The highest BCUT2D eigenvalue weighted by atomic mass is 32.4. The summed E-state index contributed by atoms with van der Waals surface area (Å²) in [6, 6.07) is 31.1. The van der Waals surface area contributed by atoms with Crippen LogP contribution in [0.1, 0.15) is 80.5 Å². The van der Waals surface area contributed by atoms with Crippen LogP contribution in [0.15, 0.2) is 91.0 Å². The van der Waals surface area contributed by atoms with Gasteiger partial charge < -0.3 is 14.4 Å². The lowest BCUT2D eigenvalue weighted by molar-refractivity contribution is 0.449. The molecule has 6 aliphatic rings. The highest BCUT2D eigenvalue weighted by Gasteiger charge is 2.59. The molecule has 4 heterocycles. The lowest BCUT2D eigenvalue weighted by Gasteiger charge is -2.52. The van der Waals surface area contributed by atoms with Gasteiger partial charge in [-0.05, 0) is 81.3 Å². The van der Waals surface area contributed by atoms with Gasteiger partial charge in [0, 0.05) is 27.4 Å². The molecule has 12 rings (SSSR count). The summed E-state index contributed by atoms with van der Waals surface area (Å²) in [5, 5.41) is 3.46. The summed E-state index contributed by atoms with van der Waals surface area (Å²) in [5.74, 6) is 3.65. The SMILES string of the molecule is Cc1cc2c3c(c1)Oc1c4c(c5c6c1P3(=S)c1c(cc3c(c1O2)C(C)(C)c1ccccc1-3)N6c1ccccc1C5(C)C)-c1ccccc1C4(C)C. The van der Waals surface area contributed by atoms with Crippen molar-refractivity contribution in [2.45, 2.75) is 64.7 Å². The van der Waals surface area contributed by atoms with E-state index >= 15 is 0 Å². The average molecular weight is 698 g/mol. The first-order valence-corrected chi connectivity index (χ1v) is 20.9. The minimum absolute atomic E-state index is 0.265. The van der Waals surface area contributed by atoms with Gasteiger partial charge in [0.25, 0.3) is 0 Å². The van der Waals surface area contributed by atoms with Crippen molar-refractivity contribution in [3.05, 3.63) is 130 Å². The van der Waals surface area contributed by atoms with Crippen molar-refractivity contribution >= 4 is 50.8 Å². The van der Waals surface area contributed by atoms with Gasteiger partial charge in [-0.15, -0.1) is 0 Å². The second-order valence-corrected chi connectivity index (χ2v) is 21.1. The Morgan fingerprint density at radius 2 is 1.10 bits per heavy atom. The van der Waals surface area contributed by atoms with Gasteiger partial charge in [-0.1, -0.05) is 120 Å². The molecular weight excluding hydrogens is 662 g/mol. The molecular formula is C46H36NO2PS. The zero-order valence-corrected chi connectivity index (χ0v) is 31.5. The van der Waals surface area contributed by atoms with Crippen LogP contribution in [0.25, 0.3) is 22.3 Å². The number of hydrogen-bond acceptors (Lipinski definition) is 4. The summed E-state index contributed by atoms with van der Waals surface area (Å²) in [4.78, 5) is 2.57. The van der Waals surface area contributed by atoms with Crippen molar-refractivity contribution in [2.75, 3.05) is 4.90 Å². The first-order chi connectivity index (χ1) is 24.4. The third-order valence-corrected chi connectivity index (χ3v) is 17.9. The molecule has 6 aromatic rings. The number of benzene rings is 6. The number of para-hydroxylation sites is 1. The quantitative estimate of drug-likeness (QED) is 0.147. The number of aryl methyl sites for hydroxylation is 1. The summed E-state index contributed by atoms with van der Waals surface area (Å²) in [7, 11) is 0. The molecule has 248 valence electrons. The molecule has 6 aromatic carbocycles. The van der Waals surface area contributed by atoms with E-state index in [1.54, 1.807) is 0 Å². The smallest absolute Gasteiger partial charge is 0.143 e. The van der Waals surface area contributed by atoms with Crippen molar-refractivity contribution in [3.63, 3.8) is 0 Å². The summed E-state index contributed by atoms with van der Waals surface area (Å²) in [6.07, 6.45) is 0. The molecule has 0 fully saturated rings. The number of hydrogen-bond donors (Lipinski definition) is 0. The summed E-state index contributed by atoms with van der Waals surface area (Å²) >= 11 is 7.48. The van der Waals surface area contributed by atoms with Crippen LogP contribution in [0.5, 0.6) is 23.0 Å². The fourth-order valence-corrected chi connectivity index (χ4v) is 16.0. The van der Waals surface area contributed by atoms with E-state index in [1.165, 1.54) is 77.6 Å². The fraction of sp³-hybridized carbons (Fsp3) is 0.217. The van der Waals surface area contributed by atoms with Crippen LogP contribution >= 0.6 is 6.04 Å². The molecule has 0 bridgehead atoms. The molecule has 0 N–H and O–H groups in total. The van der Waals surface area contributed by atoms with Gasteiger partial charge in [-0.25, -0.2) is 0 Å². The predicted octanol–water partition coefficient (Wildman–Crippen LogP) is 11.0. The zero-order valence-electron chi connectivity index (χ0n) is 29.8. The molecule has 0 aromatic heterocycles. The van der Waals surface area contributed by atoms with E-state index < -0.39 is 6.04 Å². The maximum Gasteiger partial charge on any atom is 0.143 e. The first kappa shape index (κ1) is 29.0. The number of rotatable bonds is 0. The van der Waals surface area contributed by atoms with Crippen LogP contribution in [0.2, 0.25) is 0 Å². The first-order valence-electron chi connectivity index (χ1n) is 18.1. The standard InChI is InChI=1S/C46H36NO2PS/c1-23-20-32-42-33(21-23)49-40-37-34(25-15-9-11-17-28(25)45(37,4)5)36-38-43(40)50(42,51)41-31(47(38)30-19-13-12-18-29(30)46(36,6)7)22-26-24-14-8-10-16-27(24)44(2,3)35(26)39(41)48-32/h8-22H,1-7H3. The van der Waals surface area contributed by atoms with Crippen molar-refractivity contribution in [1.29, 1.82) is 0 Å². The molecule has 0 amide bonds. The topological polar surface area (TPSA) is 21.7 Å². The Hall–Kier alpha value is -4.63. The van der Waals surface area contributed by atoms with E-state index in [2.05, 4.69) is 144 Å². The summed E-state index contributed by atoms with van der Waals surface area (Å²) in [6.45, 7) is 16.4. The normalized spacial score (nSPS) is 21.0. The molecule has 51 heavy (non-hydrogen) atoms. The second-order valence-electron chi connectivity index (χ2n) is 16.9. The minimum atomic E-state index is -2.74. The van der Waals surface area contributed by atoms with Crippen LogP contribution in [-0.4, -0.2) is 0 Å². The predicted molar refractivity (Wildman–Crippen MR) is 213 cm³/mol. The van der Waals surface area contributed by atoms with E-state index in [9.17, 15) is 0 Å². The molecule has 4 aliphatic heterocycles. The molecule has 2 aliphatic carbocycles. The van der Waals surface area contributed by atoms with Gasteiger partial charge in [0.05, 0.1) is 39.0 Å². The minimum Gasteiger partial charge on any atom is -0.455 e. The molecule has 3 nitrogen and oxygen atoms in total. The molecule has 0 saturated carbocycles. The Labute approximate surface area is 303 Å². The monoisotopic (exact) mass is 697 g/mol. The van der Waals surface area contributed by atoms with Crippen LogP contribution in [-0.2, 0) is 28.1 Å². The second kappa shape index (κ2) is 8.52. The Kier molecular flexibility index (Phi) is 4.85. The Morgan fingerprint density at radius 1 is 0.549 bits per heavy atom. The van der Waals surface area contributed by atoms with Crippen LogP contribution < -0.4 is 30.3 Å². The Morgan fingerprint density at radius 3 is 1.80 bits per heavy atom. The maximum atomic E-state index is 7.48. The van der Waals surface area contributed by atoms with E-state index in [0.29, 0.717) is 0 Å². The van der Waals surface area contributed by atoms with Gasteiger partial charge in [-0.2, -0.15) is 0 Å². The summed E-state index contributed by atoms with van der Waals surface area (Å²) in [5.41, 5.74) is 16.9. The van der Waals surface area contributed by atoms with Crippen molar-refractivity contribution in [2.24, 2.45) is 0 Å². The van der Waals surface area contributed by atoms with Gasteiger partial charge in [0.15, 0.2) is 0 Å². The van der Waals surface area contributed by atoms with Gasteiger partial charge in [0.2, 0.25) is 0 Å². The number of fused-ring (bicyclic) bond motifs is 12. The molecule has 0 spiro atoms. The zero-order chi connectivity index (χ0) is 34.7. The van der Waals surface area contributed by atoms with E-state index in [1.807, 2.05) is 0 Å². The lowest BCUT2D eigenvalue weighted by Crippen LogP contribution is -2.47. The largest absolute Gasteiger partial charge is 0.455 e. The molecule has 0 saturated heterocycles.